The van der Waals surface area contributed by atoms with Gasteiger partial charge in [-0.3, -0.25) is 4.79 Å². The van der Waals surface area contributed by atoms with Crippen LogP contribution in [-0.2, 0) is 4.79 Å². The fourth-order valence-electron chi connectivity index (χ4n) is 4.26. The molecule has 1 aliphatic heterocycles. The number of hydrogen-bond acceptors (Lipinski definition) is 3. The molecule has 2 N–H and O–H groups in total. The van der Waals surface area contributed by atoms with Gasteiger partial charge >= 0.3 is 0 Å². The second-order valence-electron chi connectivity index (χ2n) is 8.01. The average Bonchev–Trinajstić information content (AvgIpc) is 3.38. The lowest BCUT2D eigenvalue weighted by molar-refractivity contribution is -0.118. The van der Waals surface area contributed by atoms with E-state index in [4.69, 9.17) is 4.74 Å². The van der Waals surface area contributed by atoms with E-state index < -0.39 is 0 Å². The Hall–Kier alpha value is -2.04. The minimum atomic E-state index is -0.0164. The van der Waals surface area contributed by atoms with E-state index in [-0.39, 0.29) is 35.8 Å². The van der Waals surface area contributed by atoms with Gasteiger partial charge < -0.3 is 15.4 Å². The van der Waals surface area contributed by atoms with Crippen LogP contribution in [0.3, 0.4) is 0 Å². The van der Waals surface area contributed by atoms with E-state index in [2.05, 4.69) is 22.8 Å². The van der Waals surface area contributed by atoms with Crippen LogP contribution in [0, 0.1) is 18.3 Å². The summed E-state index contributed by atoms with van der Waals surface area (Å²) in [6, 6.07) is 16.1. The van der Waals surface area contributed by atoms with Crippen molar-refractivity contribution in [2.24, 2.45) is 11.3 Å². The Morgan fingerprint density at radius 2 is 1.89 bits per heavy atom. The fourth-order valence-corrected chi connectivity index (χ4v) is 4.26. The van der Waals surface area contributed by atoms with Crippen LogP contribution in [0.15, 0.2) is 48.5 Å². The van der Waals surface area contributed by atoms with Gasteiger partial charge in [0.25, 0.3) is 0 Å². The summed E-state index contributed by atoms with van der Waals surface area (Å²) in [4.78, 5) is 12.7. The standard InChI is InChI=1S/C23H28N2O2.ClH/c1-16-14-19(27-17(2)18-6-4-3-5-7-18)8-9-21(16)25-22(26)20-15-23(20)10-12-24-13-11-23;/h3-9,14,17,20,24H,10-13,15H2,1-2H3,(H,25,26);1H. The van der Waals surface area contributed by atoms with Crippen molar-refractivity contribution in [3.63, 3.8) is 0 Å². The highest BCUT2D eigenvalue weighted by atomic mass is 35.5. The first kappa shape index (κ1) is 20.7. The van der Waals surface area contributed by atoms with Crippen molar-refractivity contribution >= 4 is 24.0 Å². The number of carbonyl (C=O) groups excluding carboxylic acids is 1. The van der Waals surface area contributed by atoms with Crippen LogP contribution in [0.1, 0.15) is 43.4 Å². The summed E-state index contributed by atoms with van der Waals surface area (Å²) in [7, 11) is 0. The number of hydrogen-bond donors (Lipinski definition) is 2. The Morgan fingerprint density at radius 1 is 1.18 bits per heavy atom. The molecule has 2 aromatic rings. The maximum atomic E-state index is 12.7. The maximum Gasteiger partial charge on any atom is 0.228 e. The van der Waals surface area contributed by atoms with Crippen molar-refractivity contribution in [3.8, 4) is 5.75 Å². The van der Waals surface area contributed by atoms with E-state index in [9.17, 15) is 4.79 Å². The lowest BCUT2D eigenvalue weighted by atomic mass is 9.91. The molecule has 2 aromatic carbocycles. The summed E-state index contributed by atoms with van der Waals surface area (Å²) in [5.74, 6) is 1.17. The summed E-state index contributed by atoms with van der Waals surface area (Å²) >= 11 is 0. The van der Waals surface area contributed by atoms with Crippen LogP contribution in [-0.4, -0.2) is 19.0 Å². The molecule has 4 nitrogen and oxygen atoms in total. The van der Waals surface area contributed by atoms with Crippen LogP contribution in [0.5, 0.6) is 5.75 Å². The van der Waals surface area contributed by atoms with Gasteiger partial charge in [-0.25, -0.2) is 0 Å². The summed E-state index contributed by atoms with van der Waals surface area (Å²) in [5.41, 5.74) is 3.32. The zero-order valence-electron chi connectivity index (χ0n) is 16.5. The molecule has 0 aromatic heterocycles. The zero-order valence-corrected chi connectivity index (χ0v) is 17.4. The predicted molar refractivity (Wildman–Crippen MR) is 115 cm³/mol. The third kappa shape index (κ3) is 4.34. The first-order chi connectivity index (χ1) is 13.1. The number of benzene rings is 2. The molecule has 2 unspecified atom stereocenters. The Balaban J connectivity index is 0.00000225. The van der Waals surface area contributed by atoms with E-state index in [0.29, 0.717) is 0 Å². The highest BCUT2D eigenvalue weighted by Crippen LogP contribution is 2.58. The lowest BCUT2D eigenvalue weighted by Gasteiger charge is -2.23. The highest BCUT2D eigenvalue weighted by Gasteiger charge is 2.57. The van der Waals surface area contributed by atoms with Gasteiger partial charge in [0.1, 0.15) is 11.9 Å². The Kier molecular flexibility index (Phi) is 6.31. The molecule has 2 aliphatic rings. The van der Waals surface area contributed by atoms with E-state index in [1.165, 1.54) is 0 Å². The molecule has 1 saturated heterocycles. The molecule has 1 aliphatic carbocycles. The number of piperidine rings is 1. The van der Waals surface area contributed by atoms with Gasteiger partial charge in [-0.15, -0.1) is 12.4 Å². The number of carbonyl (C=O) groups is 1. The largest absolute Gasteiger partial charge is 0.486 e. The summed E-state index contributed by atoms with van der Waals surface area (Å²) in [5, 5.41) is 6.53. The average molecular weight is 401 g/mol. The lowest BCUT2D eigenvalue weighted by Crippen LogP contribution is -2.31. The smallest absolute Gasteiger partial charge is 0.228 e. The zero-order chi connectivity index (χ0) is 18.9. The van der Waals surface area contributed by atoms with E-state index in [1.54, 1.807) is 0 Å². The first-order valence-corrected chi connectivity index (χ1v) is 9.91. The van der Waals surface area contributed by atoms with Gasteiger partial charge in [-0.2, -0.15) is 0 Å². The minimum Gasteiger partial charge on any atom is -0.486 e. The van der Waals surface area contributed by atoms with Gasteiger partial charge in [-0.1, -0.05) is 30.3 Å². The maximum absolute atomic E-state index is 12.7. The fraction of sp³-hybridized carbons (Fsp3) is 0.435. The van der Waals surface area contributed by atoms with Gasteiger partial charge in [0, 0.05) is 11.6 Å². The molecule has 0 radical (unpaired) electrons. The molecular formula is C23H29ClN2O2. The molecule has 28 heavy (non-hydrogen) atoms. The second-order valence-corrected chi connectivity index (χ2v) is 8.01. The van der Waals surface area contributed by atoms with Crippen LogP contribution in [0.4, 0.5) is 5.69 Å². The SMILES string of the molecule is Cc1cc(OC(C)c2ccccc2)ccc1NC(=O)C1CC12CCNCC2.Cl. The number of ether oxygens (including phenoxy) is 1. The summed E-state index contributed by atoms with van der Waals surface area (Å²) in [6.07, 6.45) is 3.26. The van der Waals surface area contributed by atoms with E-state index >= 15 is 0 Å². The van der Waals surface area contributed by atoms with Crippen LogP contribution >= 0.6 is 12.4 Å². The molecular weight excluding hydrogens is 372 g/mol. The summed E-state index contributed by atoms with van der Waals surface area (Å²) in [6.45, 7) is 6.14. The Labute approximate surface area is 173 Å². The van der Waals surface area contributed by atoms with Crippen molar-refractivity contribution in [1.82, 2.24) is 5.32 Å². The van der Waals surface area contributed by atoms with Crippen molar-refractivity contribution in [1.29, 1.82) is 0 Å². The van der Waals surface area contributed by atoms with E-state index in [1.807, 2.05) is 50.2 Å². The number of anilines is 1. The van der Waals surface area contributed by atoms with Crippen LogP contribution in [0.2, 0.25) is 0 Å². The van der Waals surface area contributed by atoms with Gasteiger partial charge in [-0.05, 0) is 80.9 Å². The molecule has 1 spiro atoms. The molecule has 2 atom stereocenters. The van der Waals surface area contributed by atoms with Crippen LogP contribution in [0.25, 0.3) is 0 Å². The molecule has 5 heteroatoms. The van der Waals surface area contributed by atoms with Gasteiger partial charge in [0.2, 0.25) is 5.91 Å². The molecule has 1 saturated carbocycles. The van der Waals surface area contributed by atoms with Crippen molar-refractivity contribution in [2.75, 3.05) is 18.4 Å². The first-order valence-electron chi connectivity index (χ1n) is 9.91. The number of halogens is 1. The number of rotatable bonds is 5. The number of aryl methyl sites for hydroxylation is 1. The monoisotopic (exact) mass is 400 g/mol. The Bertz CT molecular complexity index is 819. The quantitative estimate of drug-likeness (QED) is 0.751. The molecule has 2 fully saturated rings. The molecule has 1 heterocycles. The van der Waals surface area contributed by atoms with E-state index in [0.717, 1.165) is 54.9 Å². The number of amides is 1. The third-order valence-electron chi connectivity index (χ3n) is 6.14. The van der Waals surface area contributed by atoms with Crippen LogP contribution < -0.4 is 15.4 Å². The molecule has 1 amide bonds. The normalized spacial score (nSPS) is 20.7. The summed E-state index contributed by atoms with van der Waals surface area (Å²) < 4.78 is 6.07. The van der Waals surface area contributed by atoms with Gasteiger partial charge in [0.05, 0.1) is 0 Å². The molecule has 4 rings (SSSR count). The van der Waals surface area contributed by atoms with Crippen molar-refractivity contribution in [2.45, 2.75) is 39.2 Å². The Morgan fingerprint density at radius 3 is 2.57 bits per heavy atom. The number of nitrogens with one attached hydrogen (secondary N) is 2. The molecule has 0 bridgehead atoms. The topological polar surface area (TPSA) is 50.4 Å². The van der Waals surface area contributed by atoms with Gasteiger partial charge in [0.15, 0.2) is 0 Å². The minimum absolute atomic E-state index is 0. The van der Waals surface area contributed by atoms with Crippen molar-refractivity contribution in [3.05, 3.63) is 59.7 Å². The highest BCUT2D eigenvalue weighted by molar-refractivity contribution is 5.95. The molecule has 150 valence electrons. The van der Waals surface area contributed by atoms with Crippen molar-refractivity contribution < 1.29 is 9.53 Å². The third-order valence-corrected chi connectivity index (χ3v) is 6.14. The predicted octanol–water partition coefficient (Wildman–Crippen LogP) is 4.89. The second kappa shape index (κ2) is 8.54.